The second kappa shape index (κ2) is 5.71. The molecule has 0 heterocycles. The number of esters is 1. The number of benzene rings is 1. The molecule has 0 aliphatic heterocycles. The van der Waals surface area contributed by atoms with Crippen molar-refractivity contribution in [3.63, 3.8) is 0 Å². The van der Waals surface area contributed by atoms with Gasteiger partial charge in [-0.3, -0.25) is 0 Å². The molecule has 0 amide bonds. The number of carbonyl (C=O) groups excluding carboxylic acids is 1. The van der Waals surface area contributed by atoms with Gasteiger partial charge in [0.25, 0.3) is 0 Å². The molecule has 17 heavy (non-hydrogen) atoms. The fourth-order valence-corrected chi connectivity index (χ4v) is 2.26. The highest BCUT2D eigenvalue weighted by Crippen LogP contribution is 2.22. The van der Waals surface area contributed by atoms with Crippen LogP contribution in [0.5, 0.6) is 0 Å². The first-order valence-corrected chi connectivity index (χ1v) is 6.33. The van der Waals surface area contributed by atoms with Gasteiger partial charge in [0.05, 0.1) is 12.2 Å². The first kappa shape index (κ1) is 12.0. The summed E-state index contributed by atoms with van der Waals surface area (Å²) in [6, 6.07) is 8.12. The molecule has 0 spiro atoms. The van der Waals surface area contributed by atoms with Crippen molar-refractivity contribution in [1.29, 1.82) is 0 Å². The van der Waals surface area contributed by atoms with Gasteiger partial charge in [-0.1, -0.05) is 18.9 Å². The number of carbonyl (C=O) groups is 1. The first-order valence-electron chi connectivity index (χ1n) is 6.33. The van der Waals surface area contributed by atoms with Crippen molar-refractivity contribution in [3.05, 3.63) is 29.8 Å². The van der Waals surface area contributed by atoms with Gasteiger partial charge in [-0.2, -0.15) is 0 Å². The number of rotatable bonds is 4. The quantitative estimate of drug-likeness (QED) is 0.811. The van der Waals surface area contributed by atoms with E-state index >= 15 is 0 Å². The van der Waals surface area contributed by atoms with Crippen LogP contribution < -0.4 is 5.32 Å². The summed E-state index contributed by atoms with van der Waals surface area (Å²) in [6.45, 7) is 2.23. The van der Waals surface area contributed by atoms with Gasteiger partial charge in [-0.15, -0.1) is 0 Å². The minimum absolute atomic E-state index is 0.248. The number of anilines is 1. The summed E-state index contributed by atoms with van der Waals surface area (Å²) in [5.41, 5.74) is 1.64. The van der Waals surface area contributed by atoms with Crippen molar-refractivity contribution >= 4 is 11.7 Å². The Morgan fingerprint density at radius 3 is 2.88 bits per heavy atom. The van der Waals surface area contributed by atoms with Gasteiger partial charge in [0.2, 0.25) is 0 Å². The molecule has 3 nitrogen and oxygen atoms in total. The van der Waals surface area contributed by atoms with E-state index in [9.17, 15) is 4.79 Å². The van der Waals surface area contributed by atoms with Crippen LogP contribution >= 0.6 is 0 Å². The lowest BCUT2D eigenvalue weighted by Crippen LogP contribution is -2.15. The Labute approximate surface area is 102 Å². The van der Waals surface area contributed by atoms with Gasteiger partial charge in [0.15, 0.2) is 0 Å². The highest BCUT2D eigenvalue weighted by Gasteiger charge is 2.15. The van der Waals surface area contributed by atoms with Crippen molar-refractivity contribution in [2.24, 2.45) is 0 Å². The molecule has 1 N–H and O–H groups in total. The SMILES string of the molecule is CCOC(=O)c1cccc(NC2CCCC2)c1. The molecule has 0 unspecified atom stereocenters. The molecule has 1 aromatic carbocycles. The standard InChI is InChI=1S/C14H19NO2/c1-2-17-14(16)11-6-5-9-13(10-11)15-12-7-3-4-8-12/h5-6,9-10,12,15H,2-4,7-8H2,1H3. The maximum Gasteiger partial charge on any atom is 0.338 e. The predicted octanol–water partition coefficient (Wildman–Crippen LogP) is 3.22. The van der Waals surface area contributed by atoms with Gasteiger partial charge < -0.3 is 10.1 Å². The monoisotopic (exact) mass is 233 g/mol. The molecular formula is C14H19NO2. The number of hydrogen-bond acceptors (Lipinski definition) is 3. The third-order valence-corrected chi connectivity index (χ3v) is 3.10. The summed E-state index contributed by atoms with van der Waals surface area (Å²) in [4.78, 5) is 11.6. The van der Waals surface area contributed by atoms with E-state index < -0.39 is 0 Å². The van der Waals surface area contributed by atoms with Crippen molar-refractivity contribution in [2.75, 3.05) is 11.9 Å². The molecule has 0 saturated heterocycles. The fourth-order valence-electron chi connectivity index (χ4n) is 2.26. The molecule has 0 aromatic heterocycles. The maximum absolute atomic E-state index is 11.6. The van der Waals surface area contributed by atoms with Crippen molar-refractivity contribution in [3.8, 4) is 0 Å². The van der Waals surface area contributed by atoms with Gasteiger partial charge >= 0.3 is 5.97 Å². The molecule has 0 radical (unpaired) electrons. The zero-order valence-corrected chi connectivity index (χ0v) is 10.2. The number of hydrogen-bond donors (Lipinski definition) is 1. The third-order valence-electron chi connectivity index (χ3n) is 3.10. The Balaban J connectivity index is 2.02. The Hall–Kier alpha value is -1.51. The zero-order chi connectivity index (χ0) is 12.1. The Bertz CT molecular complexity index is 384. The Morgan fingerprint density at radius 2 is 2.18 bits per heavy atom. The maximum atomic E-state index is 11.6. The number of ether oxygens (including phenoxy) is 1. The van der Waals surface area contributed by atoms with Crippen LogP contribution in [0, 0.1) is 0 Å². The van der Waals surface area contributed by atoms with Crippen LogP contribution in [0.3, 0.4) is 0 Å². The minimum atomic E-state index is -0.248. The van der Waals surface area contributed by atoms with E-state index in [4.69, 9.17) is 4.74 Å². The highest BCUT2D eigenvalue weighted by atomic mass is 16.5. The molecular weight excluding hydrogens is 214 g/mol. The molecule has 0 bridgehead atoms. The van der Waals surface area contributed by atoms with Gasteiger partial charge in [0, 0.05) is 11.7 Å². The lowest BCUT2D eigenvalue weighted by Gasteiger charge is -2.14. The average molecular weight is 233 g/mol. The van der Waals surface area contributed by atoms with Crippen molar-refractivity contribution in [2.45, 2.75) is 38.6 Å². The smallest absolute Gasteiger partial charge is 0.338 e. The predicted molar refractivity (Wildman–Crippen MR) is 68.3 cm³/mol. The van der Waals surface area contributed by atoms with Crippen LogP contribution in [-0.4, -0.2) is 18.6 Å². The lowest BCUT2D eigenvalue weighted by molar-refractivity contribution is 0.0526. The second-order valence-corrected chi connectivity index (χ2v) is 4.43. The molecule has 92 valence electrons. The molecule has 0 atom stereocenters. The summed E-state index contributed by atoms with van der Waals surface area (Å²) >= 11 is 0. The summed E-state index contributed by atoms with van der Waals surface area (Å²) < 4.78 is 4.99. The topological polar surface area (TPSA) is 38.3 Å². The molecule has 1 saturated carbocycles. The van der Waals surface area contributed by atoms with E-state index in [-0.39, 0.29) is 5.97 Å². The van der Waals surface area contributed by atoms with Crippen LogP contribution in [0.2, 0.25) is 0 Å². The minimum Gasteiger partial charge on any atom is -0.462 e. The fraction of sp³-hybridized carbons (Fsp3) is 0.500. The normalized spacial score (nSPS) is 15.8. The summed E-state index contributed by atoms with van der Waals surface area (Å²) in [6.07, 6.45) is 5.05. The second-order valence-electron chi connectivity index (χ2n) is 4.43. The van der Waals surface area contributed by atoms with Crippen LogP contribution in [-0.2, 0) is 4.74 Å². The van der Waals surface area contributed by atoms with E-state index in [1.54, 1.807) is 6.07 Å². The van der Waals surface area contributed by atoms with E-state index in [1.165, 1.54) is 25.7 Å². The van der Waals surface area contributed by atoms with Crippen molar-refractivity contribution in [1.82, 2.24) is 0 Å². The largest absolute Gasteiger partial charge is 0.462 e. The van der Waals surface area contributed by atoms with E-state index in [0.29, 0.717) is 18.2 Å². The van der Waals surface area contributed by atoms with E-state index in [0.717, 1.165) is 5.69 Å². The van der Waals surface area contributed by atoms with Gasteiger partial charge in [-0.25, -0.2) is 4.79 Å². The summed E-state index contributed by atoms with van der Waals surface area (Å²) in [7, 11) is 0. The van der Waals surface area contributed by atoms with Crippen molar-refractivity contribution < 1.29 is 9.53 Å². The zero-order valence-electron chi connectivity index (χ0n) is 10.2. The van der Waals surface area contributed by atoms with E-state index in [1.807, 2.05) is 25.1 Å². The molecule has 2 rings (SSSR count). The summed E-state index contributed by atoms with van der Waals surface area (Å²) in [5, 5.41) is 3.47. The average Bonchev–Trinajstić information content (AvgIpc) is 2.82. The molecule has 1 fully saturated rings. The van der Waals surface area contributed by atoms with Crippen LogP contribution in [0.1, 0.15) is 43.0 Å². The molecule has 1 aliphatic rings. The van der Waals surface area contributed by atoms with E-state index in [2.05, 4.69) is 5.32 Å². The van der Waals surface area contributed by atoms with Crippen LogP contribution in [0.15, 0.2) is 24.3 Å². The van der Waals surface area contributed by atoms with Crippen LogP contribution in [0.25, 0.3) is 0 Å². The summed E-state index contributed by atoms with van der Waals surface area (Å²) in [5.74, 6) is -0.248. The molecule has 1 aromatic rings. The van der Waals surface area contributed by atoms with Gasteiger partial charge in [0.1, 0.15) is 0 Å². The lowest BCUT2D eigenvalue weighted by atomic mass is 10.1. The Kier molecular flexibility index (Phi) is 4.02. The molecule has 3 heteroatoms. The highest BCUT2D eigenvalue weighted by molar-refractivity contribution is 5.90. The third kappa shape index (κ3) is 3.22. The Morgan fingerprint density at radius 1 is 1.41 bits per heavy atom. The van der Waals surface area contributed by atoms with Gasteiger partial charge in [-0.05, 0) is 38.0 Å². The number of nitrogens with one attached hydrogen (secondary N) is 1. The first-order chi connectivity index (χ1) is 8.29. The van der Waals surface area contributed by atoms with Crippen LogP contribution in [0.4, 0.5) is 5.69 Å². The molecule has 1 aliphatic carbocycles.